The third-order valence-corrected chi connectivity index (χ3v) is 0.302. The Morgan fingerprint density at radius 1 is 2.00 bits per heavy atom. The van der Waals surface area contributed by atoms with Crippen LogP contribution in [0.1, 0.15) is 6.92 Å². The number of Topliss-reactive ketones (excluding diaryl/α,β-unsaturated/α-hetero) is 1. The van der Waals surface area contributed by atoms with E-state index in [2.05, 4.69) is 5.11 Å². The minimum Gasteiger partial charge on any atom is -0.298 e. The SMILES string of the molecule is CC(=O)CN=N. The van der Waals surface area contributed by atoms with Gasteiger partial charge in [0.2, 0.25) is 0 Å². The van der Waals surface area contributed by atoms with E-state index in [9.17, 15) is 4.79 Å². The van der Waals surface area contributed by atoms with Crippen LogP contribution in [0.15, 0.2) is 5.11 Å². The molecule has 0 aromatic rings. The van der Waals surface area contributed by atoms with Crippen LogP contribution in [-0.4, -0.2) is 12.3 Å². The van der Waals surface area contributed by atoms with Gasteiger partial charge in [0.15, 0.2) is 5.78 Å². The number of carbonyl (C=O) groups excluding carboxylic acids is 1. The lowest BCUT2D eigenvalue weighted by molar-refractivity contribution is -0.115. The molecule has 0 atom stereocenters. The van der Waals surface area contributed by atoms with Crippen LogP contribution < -0.4 is 0 Å². The standard InChI is InChI=1S/C3H6N2O/c1-3(6)2-5-4/h4H,2H2,1H3. The van der Waals surface area contributed by atoms with Gasteiger partial charge in [0.1, 0.15) is 6.54 Å². The number of hydrogen-bond donors (Lipinski definition) is 1. The number of nitrogens with one attached hydrogen (secondary N) is 1. The van der Waals surface area contributed by atoms with Crippen molar-refractivity contribution in [2.75, 3.05) is 6.54 Å². The van der Waals surface area contributed by atoms with Gasteiger partial charge in [-0.05, 0) is 6.92 Å². The summed E-state index contributed by atoms with van der Waals surface area (Å²) in [4.78, 5) is 9.83. The Kier molecular flexibility index (Phi) is 2.20. The number of hydrogen-bond acceptors (Lipinski definition) is 3. The molecule has 1 N–H and O–H groups in total. The summed E-state index contributed by atoms with van der Waals surface area (Å²) in [5, 5.41) is 2.84. The van der Waals surface area contributed by atoms with E-state index < -0.39 is 0 Å². The van der Waals surface area contributed by atoms with Crippen LogP contribution >= 0.6 is 0 Å². The molecule has 0 aromatic carbocycles. The monoisotopic (exact) mass is 86.0 g/mol. The summed E-state index contributed by atoms with van der Waals surface area (Å²) in [5.41, 5.74) is 6.14. The maximum Gasteiger partial charge on any atom is 0.153 e. The molecule has 0 radical (unpaired) electrons. The smallest absolute Gasteiger partial charge is 0.153 e. The van der Waals surface area contributed by atoms with Gasteiger partial charge in [-0.25, -0.2) is 5.53 Å². The van der Waals surface area contributed by atoms with Crippen molar-refractivity contribution in [2.24, 2.45) is 5.11 Å². The van der Waals surface area contributed by atoms with Crippen molar-refractivity contribution in [1.29, 1.82) is 5.53 Å². The van der Waals surface area contributed by atoms with Gasteiger partial charge in [-0.15, -0.1) is 0 Å². The van der Waals surface area contributed by atoms with Gasteiger partial charge in [0.25, 0.3) is 0 Å². The third kappa shape index (κ3) is 3.27. The number of carbonyl (C=O) groups is 1. The lowest BCUT2D eigenvalue weighted by atomic mass is 10.5. The molecular weight excluding hydrogens is 80.0 g/mol. The van der Waals surface area contributed by atoms with E-state index in [1.54, 1.807) is 0 Å². The van der Waals surface area contributed by atoms with Gasteiger partial charge < -0.3 is 0 Å². The average Bonchev–Trinajstić information content (AvgIpc) is 1.35. The van der Waals surface area contributed by atoms with Crippen LogP contribution in [0.25, 0.3) is 0 Å². The quantitative estimate of drug-likeness (QED) is 0.491. The molecule has 0 bridgehead atoms. The minimum absolute atomic E-state index is 0.0278. The zero-order valence-electron chi connectivity index (χ0n) is 3.56. The van der Waals surface area contributed by atoms with Crippen molar-refractivity contribution in [1.82, 2.24) is 0 Å². The highest BCUT2D eigenvalue weighted by molar-refractivity contribution is 5.77. The van der Waals surface area contributed by atoms with Crippen LogP contribution in [0.5, 0.6) is 0 Å². The molecule has 34 valence electrons. The van der Waals surface area contributed by atoms with Crippen molar-refractivity contribution < 1.29 is 4.79 Å². The molecule has 0 fully saturated rings. The van der Waals surface area contributed by atoms with Crippen LogP contribution in [0, 0.1) is 5.53 Å². The number of rotatable bonds is 2. The van der Waals surface area contributed by atoms with Crippen LogP contribution in [-0.2, 0) is 4.79 Å². The van der Waals surface area contributed by atoms with E-state index in [0.29, 0.717) is 0 Å². The molecule has 6 heavy (non-hydrogen) atoms. The summed E-state index contributed by atoms with van der Waals surface area (Å²) in [6.07, 6.45) is 0. The average molecular weight is 86.1 g/mol. The van der Waals surface area contributed by atoms with Crippen molar-refractivity contribution in [3.8, 4) is 0 Å². The Labute approximate surface area is 35.9 Å². The third-order valence-electron chi connectivity index (χ3n) is 0.302. The first kappa shape index (κ1) is 5.27. The second-order valence-electron chi connectivity index (χ2n) is 1.02. The van der Waals surface area contributed by atoms with Crippen LogP contribution in [0.2, 0.25) is 0 Å². The van der Waals surface area contributed by atoms with E-state index in [1.807, 2.05) is 0 Å². The lowest BCUT2D eigenvalue weighted by Gasteiger charge is -1.74. The van der Waals surface area contributed by atoms with Gasteiger partial charge in [-0.3, -0.25) is 4.79 Å². The Bertz CT molecular complexity index is 69.2. The molecule has 0 amide bonds. The highest BCUT2D eigenvalue weighted by Gasteiger charge is 1.82. The summed E-state index contributed by atoms with van der Waals surface area (Å²) in [5.74, 6) is -0.0648. The zero-order valence-corrected chi connectivity index (χ0v) is 3.56. The van der Waals surface area contributed by atoms with Gasteiger partial charge in [-0.1, -0.05) is 0 Å². The van der Waals surface area contributed by atoms with Crippen molar-refractivity contribution in [2.45, 2.75) is 6.92 Å². The molecule has 0 saturated carbocycles. The summed E-state index contributed by atoms with van der Waals surface area (Å²) >= 11 is 0. The molecule has 0 rings (SSSR count). The summed E-state index contributed by atoms with van der Waals surface area (Å²) in [6, 6.07) is 0. The summed E-state index contributed by atoms with van der Waals surface area (Å²) < 4.78 is 0. The molecule has 0 saturated heterocycles. The van der Waals surface area contributed by atoms with Crippen LogP contribution in [0.3, 0.4) is 0 Å². The molecule has 0 aliphatic carbocycles. The second-order valence-corrected chi connectivity index (χ2v) is 1.02. The van der Waals surface area contributed by atoms with Gasteiger partial charge in [0.05, 0.1) is 0 Å². The molecule has 0 aliphatic heterocycles. The predicted octanol–water partition coefficient (Wildman–Crippen LogP) is 0.606. The maximum absolute atomic E-state index is 9.83. The fraction of sp³-hybridized carbons (Fsp3) is 0.667. The van der Waals surface area contributed by atoms with E-state index in [1.165, 1.54) is 6.92 Å². The Hall–Kier alpha value is -0.730. The Morgan fingerprint density at radius 2 is 2.50 bits per heavy atom. The maximum atomic E-state index is 9.83. The lowest BCUT2D eigenvalue weighted by Crippen LogP contribution is -1.91. The molecule has 3 heteroatoms. The molecular formula is C3H6N2O. The molecule has 0 spiro atoms. The van der Waals surface area contributed by atoms with Gasteiger partial charge >= 0.3 is 0 Å². The molecule has 0 heterocycles. The van der Waals surface area contributed by atoms with Crippen molar-refractivity contribution >= 4 is 5.78 Å². The Balaban J connectivity index is 3.05. The predicted molar refractivity (Wildman–Crippen MR) is 20.7 cm³/mol. The van der Waals surface area contributed by atoms with Gasteiger partial charge in [-0.2, -0.15) is 5.11 Å². The fourth-order valence-electron chi connectivity index (χ4n) is 0.111. The van der Waals surface area contributed by atoms with E-state index >= 15 is 0 Å². The first-order chi connectivity index (χ1) is 2.77. The van der Waals surface area contributed by atoms with E-state index in [0.717, 1.165) is 0 Å². The number of nitrogens with zero attached hydrogens (tertiary/aromatic N) is 1. The second kappa shape index (κ2) is 2.50. The topological polar surface area (TPSA) is 53.3 Å². The summed E-state index contributed by atoms with van der Waals surface area (Å²) in [7, 11) is 0. The van der Waals surface area contributed by atoms with Gasteiger partial charge in [0, 0.05) is 0 Å². The summed E-state index contributed by atoms with van der Waals surface area (Å²) in [6.45, 7) is 1.43. The zero-order chi connectivity index (χ0) is 4.99. The highest BCUT2D eigenvalue weighted by Crippen LogP contribution is 1.66. The first-order valence-electron chi connectivity index (χ1n) is 1.60. The molecule has 0 unspecified atom stereocenters. The minimum atomic E-state index is -0.0648. The molecule has 0 aliphatic rings. The van der Waals surface area contributed by atoms with E-state index in [-0.39, 0.29) is 12.3 Å². The largest absolute Gasteiger partial charge is 0.298 e. The first-order valence-corrected chi connectivity index (χ1v) is 1.60. The van der Waals surface area contributed by atoms with Crippen LogP contribution in [0.4, 0.5) is 0 Å². The highest BCUT2D eigenvalue weighted by atomic mass is 16.1. The fourth-order valence-corrected chi connectivity index (χ4v) is 0.111. The Morgan fingerprint density at radius 3 is 2.50 bits per heavy atom. The number of ketones is 1. The molecule has 3 nitrogen and oxygen atoms in total. The molecule has 0 aromatic heterocycles. The van der Waals surface area contributed by atoms with Crippen molar-refractivity contribution in [3.05, 3.63) is 0 Å². The van der Waals surface area contributed by atoms with E-state index in [4.69, 9.17) is 5.53 Å². The van der Waals surface area contributed by atoms with Crippen molar-refractivity contribution in [3.63, 3.8) is 0 Å². The normalized spacial score (nSPS) is 7.50.